The molecule has 1 aromatic carbocycles. The van der Waals surface area contributed by atoms with Crippen LogP contribution in [0.4, 0.5) is 0 Å². The molecule has 4 rings (SSSR count). The first-order chi connectivity index (χ1) is 11.8. The first-order valence-corrected chi connectivity index (χ1v) is 9.07. The lowest BCUT2D eigenvalue weighted by atomic mass is 10.1. The summed E-state index contributed by atoms with van der Waals surface area (Å²) < 4.78 is 0. The Labute approximate surface area is 145 Å². The monoisotopic (exact) mass is 337 g/mol. The zero-order valence-corrected chi connectivity index (χ0v) is 14.2. The van der Waals surface area contributed by atoms with Gasteiger partial charge in [0.2, 0.25) is 0 Å². The zero-order valence-electron chi connectivity index (χ0n) is 13.4. The second-order valence-electron chi connectivity index (χ2n) is 6.03. The first-order valence-electron chi connectivity index (χ1n) is 8.19. The molecular weight excluding hydrogens is 318 g/mol. The van der Waals surface area contributed by atoms with Crippen molar-refractivity contribution in [1.82, 2.24) is 14.8 Å². The second kappa shape index (κ2) is 6.71. The Hall–Kier alpha value is -2.24. The highest BCUT2D eigenvalue weighted by Gasteiger charge is 2.23. The summed E-state index contributed by atoms with van der Waals surface area (Å²) in [6.45, 7) is 4.36. The van der Waals surface area contributed by atoms with Crippen molar-refractivity contribution in [3.05, 3.63) is 64.5 Å². The maximum absolute atomic E-state index is 12.9. The average molecular weight is 337 g/mol. The minimum absolute atomic E-state index is 0.0927. The number of hydrogen-bond donors (Lipinski definition) is 0. The molecule has 0 N–H and O–H groups in total. The Morgan fingerprint density at radius 3 is 2.67 bits per heavy atom. The van der Waals surface area contributed by atoms with Crippen LogP contribution >= 0.6 is 11.3 Å². The van der Waals surface area contributed by atoms with Gasteiger partial charge in [-0.15, -0.1) is 11.3 Å². The van der Waals surface area contributed by atoms with Crippen LogP contribution in [0.1, 0.15) is 15.2 Å². The van der Waals surface area contributed by atoms with Crippen LogP contribution in [0, 0.1) is 0 Å². The molecule has 1 fully saturated rings. The second-order valence-corrected chi connectivity index (χ2v) is 7.06. The summed E-state index contributed by atoms with van der Waals surface area (Å²) in [5.74, 6) is 0.0927. The van der Waals surface area contributed by atoms with Gasteiger partial charge in [-0.3, -0.25) is 14.7 Å². The molecule has 0 bridgehead atoms. The van der Waals surface area contributed by atoms with E-state index in [-0.39, 0.29) is 5.91 Å². The minimum Gasteiger partial charge on any atom is -0.336 e. The molecule has 1 aliphatic heterocycles. The number of rotatable bonds is 3. The number of thiophene rings is 1. The maximum atomic E-state index is 12.9. The number of aromatic nitrogens is 1. The van der Waals surface area contributed by atoms with Gasteiger partial charge in [0.25, 0.3) is 5.91 Å². The lowest BCUT2D eigenvalue weighted by Gasteiger charge is -2.34. The lowest BCUT2D eigenvalue weighted by Crippen LogP contribution is -2.48. The Morgan fingerprint density at radius 1 is 1.04 bits per heavy atom. The van der Waals surface area contributed by atoms with Crippen LogP contribution in [-0.4, -0.2) is 46.9 Å². The fraction of sp³-hybridized carbons (Fsp3) is 0.263. The van der Waals surface area contributed by atoms with Gasteiger partial charge in [0.05, 0.1) is 11.1 Å². The van der Waals surface area contributed by atoms with Gasteiger partial charge in [0.15, 0.2) is 0 Å². The number of hydrogen-bond acceptors (Lipinski definition) is 4. The third-order valence-electron chi connectivity index (χ3n) is 4.48. The summed E-state index contributed by atoms with van der Waals surface area (Å²) in [5, 5.41) is 3.13. The van der Waals surface area contributed by atoms with Gasteiger partial charge >= 0.3 is 0 Å². The Kier molecular flexibility index (Phi) is 4.28. The van der Waals surface area contributed by atoms with Crippen LogP contribution < -0.4 is 0 Å². The fourth-order valence-electron chi connectivity index (χ4n) is 3.18. The molecule has 24 heavy (non-hydrogen) atoms. The lowest BCUT2D eigenvalue weighted by molar-refractivity contribution is 0.0631. The average Bonchev–Trinajstić information content (AvgIpc) is 3.14. The van der Waals surface area contributed by atoms with Crippen LogP contribution in [0.3, 0.4) is 0 Å². The van der Waals surface area contributed by atoms with Crippen molar-refractivity contribution in [3.63, 3.8) is 0 Å². The molecule has 5 heteroatoms. The van der Waals surface area contributed by atoms with Crippen LogP contribution in [0.5, 0.6) is 0 Å². The van der Waals surface area contributed by atoms with Gasteiger partial charge in [-0.25, -0.2) is 0 Å². The van der Waals surface area contributed by atoms with Crippen molar-refractivity contribution >= 4 is 28.1 Å². The molecule has 4 nitrogen and oxygen atoms in total. The summed E-state index contributed by atoms with van der Waals surface area (Å²) in [5.41, 5.74) is 1.51. The molecular formula is C19H19N3OS. The van der Waals surface area contributed by atoms with Gasteiger partial charge in [-0.05, 0) is 23.6 Å². The topological polar surface area (TPSA) is 36.4 Å². The van der Waals surface area contributed by atoms with Crippen LogP contribution in [0.25, 0.3) is 10.9 Å². The highest BCUT2D eigenvalue weighted by Crippen LogP contribution is 2.19. The largest absolute Gasteiger partial charge is 0.336 e. The summed E-state index contributed by atoms with van der Waals surface area (Å²) in [6.07, 6.45) is 1.75. The molecule has 2 aromatic heterocycles. The number of pyridine rings is 1. The molecule has 3 heterocycles. The van der Waals surface area contributed by atoms with E-state index in [4.69, 9.17) is 0 Å². The van der Waals surface area contributed by atoms with Crippen molar-refractivity contribution in [2.75, 3.05) is 26.2 Å². The minimum atomic E-state index is 0.0927. The predicted molar refractivity (Wildman–Crippen MR) is 97.2 cm³/mol. The van der Waals surface area contributed by atoms with Crippen LogP contribution in [-0.2, 0) is 6.54 Å². The molecule has 0 spiro atoms. The number of piperazine rings is 1. The third-order valence-corrected chi connectivity index (χ3v) is 5.34. The van der Waals surface area contributed by atoms with E-state index in [1.807, 2.05) is 35.2 Å². The molecule has 0 atom stereocenters. The number of benzene rings is 1. The zero-order chi connectivity index (χ0) is 16.4. The molecule has 122 valence electrons. The Balaban J connectivity index is 1.46. The Morgan fingerprint density at radius 2 is 1.88 bits per heavy atom. The molecule has 1 aliphatic rings. The van der Waals surface area contributed by atoms with Crippen LogP contribution in [0.15, 0.2) is 54.0 Å². The van der Waals surface area contributed by atoms with Crippen molar-refractivity contribution < 1.29 is 4.79 Å². The van der Waals surface area contributed by atoms with Crippen molar-refractivity contribution in [2.24, 2.45) is 0 Å². The molecule has 0 saturated carbocycles. The van der Waals surface area contributed by atoms with E-state index in [0.717, 1.165) is 43.6 Å². The summed E-state index contributed by atoms with van der Waals surface area (Å²) in [7, 11) is 0. The smallest absolute Gasteiger partial charge is 0.256 e. The number of carbonyl (C=O) groups is 1. The first kappa shape index (κ1) is 15.3. The number of nitrogens with zero attached hydrogens (tertiary/aromatic N) is 3. The molecule has 3 aromatic rings. The molecule has 1 saturated heterocycles. The van der Waals surface area contributed by atoms with E-state index in [0.29, 0.717) is 5.56 Å². The molecule has 1 amide bonds. The van der Waals surface area contributed by atoms with E-state index in [2.05, 4.69) is 27.4 Å². The van der Waals surface area contributed by atoms with Crippen LogP contribution in [0.2, 0.25) is 0 Å². The van der Waals surface area contributed by atoms with Crippen molar-refractivity contribution in [1.29, 1.82) is 0 Å². The number of fused-ring (bicyclic) bond motifs is 1. The standard InChI is InChI=1S/C19H19N3OS/c23-19(17-7-1-4-15-5-2-8-20-18(15)17)22-11-9-21(10-12-22)14-16-6-3-13-24-16/h1-8,13H,9-12,14H2. The summed E-state index contributed by atoms with van der Waals surface area (Å²) >= 11 is 1.79. The predicted octanol–water partition coefficient (Wildman–Crippen LogP) is 3.25. The molecule has 0 radical (unpaired) electrons. The SMILES string of the molecule is O=C(c1cccc2cccnc12)N1CCN(Cc2cccs2)CC1. The summed E-state index contributed by atoms with van der Waals surface area (Å²) in [4.78, 5) is 23.1. The van der Waals surface area contributed by atoms with Crippen molar-refractivity contribution in [3.8, 4) is 0 Å². The van der Waals surface area contributed by atoms with Crippen molar-refractivity contribution in [2.45, 2.75) is 6.54 Å². The van der Waals surface area contributed by atoms with E-state index < -0.39 is 0 Å². The fourth-order valence-corrected chi connectivity index (χ4v) is 3.93. The van der Waals surface area contributed by atoms with E-state index in [1.54, 1.807) is 17.5 Å². The number of amides is 1. The number of carbonyl (C=O) groups excluding carboxylic acids is 1. The summed E-state index contributed by atoms with van der Waals surface area (Å²) in [6, 6.07) is 14.0. The van der Waals surface area contributed by atoms with Gasteiger partial charge in [-0.1, -0.05) is 24.3 Å². The van der Waals surface area contributed by atoms with E-state index in [1.165, 1.54) is 4.88 Å². The quantitative estimate of drug-likeness (QED) is 0.736. The van der Waals surface area contributed by atoms with Gasteiger partial charge in [-0.2, -0.15) is 0 Å². The van der Waals surface area contributed by atoms with E-state index >= 15 is 0 Å². The third kappa shape index (κ3) is 3.05. The van der Waals surface area contributed by atoms with Gasteiger partial charge < -0.3 is 4.90 Å². The normalized spacial score (nSPS) is 15.8. The highest BCUT2D eigenvalue weighted by atomic mass is 32.1. The van der Waals surface area contributed by atoms with Gasteiger partial charge in [0, 0.05) is 49.2 Å². The molecule has 0 unspecified atom stereocenters. The number of para-hydroxylation sites is 1. The van der Waals surface area contributed by atoms with Gasteiger partial charge in [0.1, 0.15) is 0 Å². The Bertz CT molecular complexity index is 833. The maximum Gasteiger partial charge on any atom is 0.256 e. The highest BCUT2D eigenvalue weighted by molar-refractivity contribution is 7.09. The molecule has 0 aliphatic carbocycles. The van der Waals surface area contributed by atoms with E-state index in [9.17, 15) is 4.79 Å².